The Bertz CT molecular complexity index is 264. The zero-order valence-corrected chi connectivity index (χ0v) is 18.1. The predicted molar refractivity (Wildman–Crippen MR) is 95.5 cm³/mol. The maximum absolute atomic E-state index is 11.4. The third kappa shape index (κ3) is 18.7. The maximum atomic E-state index is 11.4. The van der Waals surface area contributed by atoms with Crippen LogP contribution in [0.3, 0.4) is 0 Å². The molecule has 140 valence electrons. The standard InChI is InChI=1S/C19H38O4.Na.H/c1-2-3-4-5-6-7-8-9-10-11-12-13-14-15-19(22)23-18(16-20)17-21;;/h18,20-21H,2-17H2,1H3;;/q;+1;-1. The summed E-state index contributed by atoms with van der Waals surface area (Å²) in [7, 11) is 0. The molecule has 0 aromatic rings. The van der Waals surface area contributed by atoms with Gasteiger partial charge in [0.2, 0.25) is 0 Å². The van der Waals surface area contributed by atoms with Gasteiger partial charge in [-0.1, -0.05) is 84.0 Å². The van der Waals surface area contributed by atoms with E-state index in [0.717, 1.165) is 12.8 Å². The Kier molecular flexibility index (Phi) is 23.8. The van der Waals surface area contributed by atoms with Crippen LogP contribution < -0.4 is 29.6 Å². The summed E-state index contributed by atoms with van der Waals surface area (Å²) >= 11 is 0. The summed E-state index contributed by atoms with van der Waals surface area (Å²) in [4.78, 5) is 11.4. The first kappa shape index (κ1) is 26.6. The van der Waals surface area contributed by atoms with Gasteiger partial charge < -0.3 is 16.4 Å². The number of rotatable bonds is 17. The molecule has 2 N–H and O–H groups in total. The summed E-state index contributed by atoms with van der Waals surface area (Å²) in [5.74, 6) is -0.318. The van der Waals surface area contributed by atoms with Gasteiger partial charge in [0.1, 0.15) is 6.10 Å². The van der Waals surface area contributed by atoms with Crippen LogP contribution in [0.1, 0.15) is 98.2 Å². The van der Waals surface area contributed by atoms with E-state index < -0.39 is 6.10 Å². The molecular formula is C19H39NaO4. The van der Waals surface area contributed by atoms with Crippen LogP contribution in [0.4, 0.5) is 0 Å². The molecule has 0 amide bonds. The van der Waals surface area contributed by atoms with Crippen LogP contribution in [0, 0.1) is 0 Å². The summed E-state index contributed by atoms with van der Waals surface area (Å²) in [5.41, 5.74) is 0. The van der Waals surface area contributed by atoms with E-state index in [9.17, 15) is 4.79 Å². The number of aliphatic hydroxyl groups excluding tert-OH is 2. The fourth-order valence-electron chi connectivity index (χ4n) is 2.66. The second-order valence-corrected chi connectivity index (χ2v) is 6.47. The molecule has 0 aromatic heterocycles. The van der Waals surface area contributed by atoms with Gasteiger partial charge in [-0.15, -0.1) is 0 Å². The number of hydrogen-bond acceptors (Lipinski definition) is 4. The number of unbranched alkanes of at least 4 members (excludes halogenated alkanes) is 12. The number of carbonyl (C=O) groups is 1. The maximum Gasteiger partial charge on any atom is 1.00 e. The Labute approximate surface area is 172 Å². The van der Waals surface area contributed by atoms with Gasteiger partial charge in [-0.05, 0) is 6.42 Å². The van der Waals surface area contributed by atoms with E-state index in [1.165, 1.54) is 70.6 Å². The molecule has 0 heterocycles. The van der Waals surface area contributed by atoms with Crippen LogP contribution in [-0.4, -0.2) is 35.5 Å². The quantitative estimate of drug-likeness (QED) is 0.236. The van der Waals surface area contributed by atoms with E-state index in [1.54, 1.807) is 0 Å². The second-order valence-electron chi connectivity index (χ2n) is 6.47. The Morgan fingerprint density at radius 2 is 1.17 bits per heavy atom. The van der Waals surface area contributed by atoms with Crippen LogP contribution in [0.25, 0.3) is 0 Å². The molecule has 0 bridgehead atoms. The van der Waals surface area contributed by atoms with Crippen molar-refractivity contribution in [3.05, 3.63) is 0 Å². The first-order valence-corrected chi connectivity index (χ1v) is 9.65. The van der Waals surface area contributed by atoms with E-state index in [-0.39, 0.29) is 50.2 Å². The smallest absolute Gasteiger partial charge is 1.00 e. The Morgan fingerprint density at radius 3 is 1.54 bits per heavy atom. The van der Waals surface area contributed by atoms with Gasteiger partial charge in [0.15, 0.2) is 0 Å². The Hall–Kier alpha value is 0.390. The summed E-state index contributed by atoms with van der Waals surface area (Å²) in [6, 6.07) is 0. The molecule has 5 heteroatoms. The summed E-state index contributed by atoms with van der Waals surface area (Å²) in [6.07, 6.45) is 16.2. The molecule has 24 heavy (non-hydrogen) atoms. The average Bonchev–Trinajstić information content (AvgIpc) is 2.56. The minimum atomic E-state index is -0.760. The summed E-state index contributed by atoms with van der Waals surface area (Å²) in [6.45, 7) is 1.62. The van der Waals surface area contributed by atoms with E-state index in [4.69, 9.17) is 14.9 Å². The van der Waals surface area contributed by atoms with E-state index in [0.29, 0.717) is 6.42 Å². The molecule has 0 unspecified atom stereocenters. The molecule has 0 radical (unpaired) electrons. The minimum Gasteiger partial charge on any atom is -1.00 e. The number of ether oxygens (including phenoxy) is 1. The van der Waals surface area contributed by atoms with Crippen molar-refractivity contribution in [1.29, 1.82) is 0 Å². The van der Waals surface area contributed by atoms with E-state index in [2.05, 4.69) is 6.92 Å². The van der Waals surface area contributed by atoms with Crippen molar-refractivity contribution in [2.75, 3.05) is 13.2 Å². The second kappa shape index (κ2) is 21.4. The minimum absolute atomic E-state index is 0. The SMILES string of the molecule is CCCCCCCCCCCCCCCC(=O)OC(CO)CO.[H-].[Na+]. The molecule has 0 saturated heterocycles. The van der Waals surface area contributed by atoms with Crippen LogP contribution in [0.5, 0.6) is 0 Å². The van der Waals surface area contributed by atoms with Gasteiger partial charge in [0, 0.05) is 6.42 Å². The molecule has 0 saturated carbocycles. The molecule has 0 aliphatic heterocycles. The van der Waals surface area contributed by atoms with Crippen molar-refractivity contribution < 1.29 is 50.7 Å². The van der Waals surface area contributed by atoms with Gasteiger partial charge in [-0.2, -0.15) is 0 Å². The number of carbonyl (C=O) groups excluding carboxylic acids is 1. The van der Waals surface area contributed by atoms with Gasteiger partial charge >= 0.3 is 35.5 Å². The fourth-order valence-corrected chi connectivity index (χ4v) is 2.66. The molecule has 0 atom stereocenters. The van der Waals surface area contributed by atoms with Crippen molar-refractivity contribution in [3.63, 3.8) is 0 Å². The van der Waals surface area contributed by atoms with Crippen LogP contribution in [0.15, 0.2) is 0 Å². The monoisotopic (exact) mass is 354 g/mol. The van der Waals surface area contributed by atoms with Gasteiger partial charge in [-0.25, -0.2) is 0 Å². The van der Waals surface area contributed by atoms with Crippen molar-refractivity contribution in [3.8, 4) is 0 Å². The summed E-state index contributed by atoms with van der Waals surface area (Å²) < 4.78 is 4.92. The average molecular weight is 355 g/mol. The number of esters is 1. The third-order valence-electron chi connectivity index (χ3n) is 4.19. The van der Waals surface area contributed by atoms with E-state index in [1.807, 2.05) is 0 Å². The predicted octanol–water partition coefficient (Wildman–Crippen LogP) is 1.48. The van der Waals surface area contributed by atoms with E-state index >= 15 is 0 Å². The first-order chi connectivity index (χ1) is 11.2. The number of hydrogen-bond donors (Lipinski definition) is 2. The summed E-state index contributed by atoms with van der Waals surface area (Å²) in [5, 5.41) is 17.6. The zero-order valence-electron chi connectivity index (χ0n) is 17.1. The van der Waals surface area contributed by atoms with Gasteiger partial charge in [-0.3, -0.25) is 4.79 Å². The van der Waals surface area contributed by atoms with Crippen LogP contribution in [-0.2, 0) is 9.53 Å². The molecular weight excluding hydrogens is 315 g/mol. The molecule has 0 aliphatic rings. The van der Waals surface area contributed by atoms with Crippen molar-refractivity contribution >= 4 is 5.97 Å². The Balaban J connectivity index is -0.00000242. The zero-order chi connectivity index (χ0) is 17.2. The van der Waals surface area contributed by atoms with Gasteiger partial charge in [0.05, 0.1) is 13.2 Å². The molecule has 4 nitrogen and oxygen atoms in total. The van der Waals surface area contributed by atoms with Crippen molar-refractivity contribution in [2.45, 2.75) is 103 Å². The molecule has 0 aromatic carbocycles. The third-order valence-corrected chi connectivity index (χ3v) is 4.19. The van der Waals surface area contributed by atoms with Crippen molar-refractivity contribution in [1.82, 2.24) is 0 Å². The largest absolute Gasteiger partial charge is 1.00 e. The van der Waals surface area contributed by atoms with Crippen LogP contribution >= 0.6 is 0 Å². The molecule has 0 aliphatic carbocycles. The number of aliphatic hydroxyl groups is 2. The van der Waals surface area contributed by atoms with Gasteiger partial charge in [0.25, 0.3) is 0 Å². The molecule has 0 fully saturated rings. The topological polar surface area (TPSA) is 66.8 Å². The fraction of sp³-hybridized carbons (Fsp3) is 0.947. The van der Waals surface area contributed by atoms with Crippen molar-refractivity contribution in [2.24, 2.45) is 0 Å². The Morgan fingerprint density at radius 1 is 0.792 bits per heavy atom. The molecule has 0 rings (SSSR count). The molecule has 0 spiro atoms. The normalized spacial score (nSPS) is 10.7. The first-order valence-electron chi connectivity index (χ1n) is 9.65. The van der Waals surface area contributed by atoms with Crippen LogP contribution in [0.2, 0.25) is 0 Å².